The van der Waals surface area contributed by atoms with E-state index in [-0.39, 0.29) is 5.41 Å². The Hall–Kier alpha value is -1.81. The Kier molecular flexibility index (Phi) is 3.26. The maximum absolute atomic E-state index is 5.33. The normalized spacial score (nSPS) is 22.1. The van der Waals surface area contributed by atoms with Gasteiger partial charge in [-0.1, -0.05) is 6.92 Å². The molecule has 2 aromatic rings. The van der Waals surface area contributed by atoms with E-state index in [2.05, 4.69) is 40.8 Å². The molecule has 1 aliphatic heterocycles. The van der Waals surface area contributed by atoms with E-state index in [1.165, 1.54) is 5.69 Å². The first kappa shape index (κ1) is 13.2. The molecule has 1 aliphatic rings. The second-order valence-corrected chi connectivity index (χ2v) is 5.79. The summed E-state index contributed by atoms with van der Waals surface area (Å²) in [4.78, 5) is 4.36. The summed E-state index contributed by atoms with van der Waals surface area (Å²) >= 11 is 0. The van der Waals surface area contributed by atoms with Crippen molar-refractivity contribution in [1.29, 1.82) is 0 Å². The molecule has 0 aliphatic carbocycles. The Morgan fingerprint density at radius 1 is 1.40 bits per heavy atom. The van der Waals surface area contributed by atoms with Crippen molar-refractivity contribution in [2.24, 2.45) is 0 Å². The molecule has 1 aromatic heterocycles. The predicted molar refractivity (Wildman–Crippen MR) is 79.7 cm³/mol. The molecule has 2 heterocycles. The molecule has 0 amide bonds. The molecule has 4 nitrogen and oxygen atoms in total. The summed E-state index contributed by atoms with van der Waals surface area (Å²) in [6.07, 6.45) is 5.04. The summed E-state index contributed by atoms with van der Waals surface area (Å²) in [7, 11) is 1.70. The lowest BCUT2D eigenvalue weighted by Gasteiger charge is -2.24. The molecule has 20 heavy (non-hydrogen) atoms. The molecule has 1 unspecified atom stereocenters. The molecule has 106 valence electrons. The second-order valence-electron chi connectivity index (χ2n) is 5.79. The Bertz CT molecular complexity index is 612. The molecule has 4 heteroatoms. The topological polar surface area (TPSA) is 39.1 Å². The van der Waals surface area contributed by atoms with Gasteiger partial charge in [0.15, 0.2) is 0 Å². The fourth-order valence-corrected chi connectivity index (χ4v) is 3.00. The van der Waals surface area contributed by atoms with Crippen LogP contribution in [0.2, 0.25) is 0 Å². The fourth-order valence-electron chi connectivity index (χ4n) is 3.00. The fraction of sp³-hybridized carbons (Fsp3) is 0.438. The van der Waals surface area contributed by atoms with Gasteiger partial charge in [-0.2, -0.15) is 0 Å². The Morgan fingerprint density at radius 2 is 2.25 bits per heavy atom. The quantitative estimate of drug-likeness (QED) is 0.932. The number of hydrogen-bond acceptors (Lipinski definition) is 3. The molecular weight excluding hydrogens is 250 g/mol. The molecule has 1 atom stereocenters. The third kappa shape index (κ3) is 2.10. The van der Waals surface area contributed by atoms with Crippen molar-refractivity contribution >= 4 is 0 Å². The number of nitrogens with one attached hydrogen (secondary N) is 1. The van der Waals surface area contributed by atoms with Gasteiger partial charge in [-0.3, -0.25) is 0 Å². The summed E-state index contributed by atoms with van der Waals surface area (Å²) in [5.41, 5.74) is 3.71. The Labute approximate surface area is 119 Å². The van der Waals surface area contributed by atoms with Gasteiger partial charge in [-0.25, -0.2) is 4.98 Å². The van der Waals surface area contributed by atoms with Gasteiger partial charge in [0.05, 0.1) is 13.4 Å². The first-order valence-corrected chi connectivity index (χ1v) is 7.03. The standard InChI is InChI=1S/C16H21N3O/c1-12-8-13(4-5-14(12)20-3)19-11-18-9-15(19)16(2)6-7-17-10-16/h4-5,8-9,11,17H,6-7,10H2,1-3H3. The average Bonchev–Trinajstić information content (AvgIpc) is 3.08. The van der Waals surface area contributed by atoms with Crippen molar-refractivity contribution in [2.75, 3.05) is 20.2 Å². The van der Waals surface area contributed by atoms with Crippen LogP contribution in [0.5, 0.6) is 5.75 Å². The molecule has 1 aromatic carbocycles. The molecule has 1 saturated heterocycles. The van der Waals surface area contributed by atoms with E-state index in [0.29, 0.717) is 0 Å². The van der Waals surface area contributed by atoms with Crippen LogP contribution in [0.15, 0.2) is 30.7 Å². The number of hydrogen-bond donors (Lipinski definition) is 1. The molecule has 1 fully saturated rings. The SMILES string of the molecule is COc1ccc(-n2cncc2C2(C)CCNC2)cc1C. The van der Waals surface area contributed by atoms with E-state index in [1.54, 1.807) is 7.11 Å². The van der Waals surface area contributed by atoms with Crippen LogP contribution in [-0.4, -0.2) is 29.8 Å². The molecule has 0 radical (unpaired) electrons. The van der Waals surface area contributed by atoms with Gasteiger partial charge < -0.3 is 14.6 Å². The summed E-state index contributed by atoms with van der Waals surface area (Å²) < 4.78 is 7.53. The zero-order chi connectivity index (χ0) is 14.2. The zero-order valence-corrected chi connectivity index (χ0v) is 12.3. The molecule has 1 N–H and O–H groups in total. The number of nitrogens with zero attached hydrogens (tertiary/aromatic N) is 2. The van der Waals surface area contributed by atoms with Gasteiger partial charge in [0.25, 0.3) is 0 Å². The summed E-state index contributed by atoms with van der Waals surface area (Å²) in [5, 5.41) is 3.45. The maximum atomic E-state index is 5.33. The summed E-state index contributed by atoms with van der Waals surface area (Å²) in [6, 6.07) is 6.25. The van der Waals surface area contributed by atoms with Crippen LogP contribution in [0.3, 0.4) is 0 Å². The van der Waals surface area contributed by atoms with Gasteiger partial charge in [-0.15, -0.1) is 0 Å². The minimum atomic E-state index is 0.157. The minimum Gasteiger partial charge on any atom is -0.496 e. The number of ether oxygens (including phenoxy) is 1. The molecule has 0 bridgehead atoms. The van der Waals surface area contributed by atoms with Crippen LogP contribution < -0.4 is 10.1 Å². The van der Waals surface area contributed by atoms with Crippen LogP contribution in [0.25, 0.3) is 5.69 Å². The minimum absolute atomic E-state index is 0.157. The molecule has 0 spiro atoms. The molecule has 3 rings (SSSR count). The third-order valence-corrected chi connectivity index (χ3v) is 4.28. The van der Waals surface area contributed by atoms with Crippen molar-refractivity contribution in [3.63, 3.8) is 0 Å². The number of benzene rings is 1. The van der Waals surface area contributed by atoms with E-state index in [4.69, 9.17) is 4.74 Å². The van der Waals surface area contributed by atoms with Gasteiger partial charge in [0.2, 0.25) is 0 Å². The highest BCUT2D eigenvalue weighted by Gasteiger charge is 2.33. The second kappa shape index (κ2) is 4.94. The molecular formula is C16H21N3O. The van der Waals surface area contributed by atoms with Crippen LogP contribution in [0.1, 0.15) is 24.6 Å². The highest BCUT2D eigenvalue weighted by atomic mass is 16.5. The van der Waals surface area contributed by atoms with Crippen LogP contribution >= 0.6 is 0 Å². The number of imidazole rings is 1. The van der Waals surface area contributed by atoms with Crippen molar-refractivity contribution in [1.82, 2.24) is 14.9 Å². The lowest BCUT2D eigenvalue weighted by molar-refractivity contribution is 0.411. The summed E-state index contributed by atoms with van der Waals surface area (Å²) in [6.45, 7) is 6.45. The highest BCUT2D eigenvalue weighted by molar-refractivity contribution is 5.45. The predicted octanol–water partition coefficient (Wildman–Crippen LogP) is 2.44. The van der Waals surface area contributed by atoms with Gasteiger partial charge in [0, 0.05) is 29.5 Å². The van der Waals surface area contributed by atoms with Crippen LogP contribution in [-0.2, 0) is 5.41 Å². The zero-order valence-electron chi connectivity index (χ0n) is 12.3. The monoisotopic (exact) mass is 271 g/mol. The lowest BCUT2D eigenvalue weighted by atomic mass is 9.86. The first-order chi connectivity index (χ1) is 9.64. The summed E-state index contributed by atoms with van der Waals surface area (Å²) in [5.74, 6) is 0.921. The number of methoxy groups -OCH3 is 1. The number of rotatable bonds is 3. The third-order valence-electron chi connectivity index (χ3n) is 4.28. The van der Waals surface area contributed by atoms with E-state index >= 15 is 0 Å². The van der Waals surface area contributed by atoms with E-state index in [0.717, 1.165) is 36.5 Å². The van der Waals surface area contributed by atoms with Crippen molar-refractivity contribution < 1.29 is 4.74 Å². The van der Waals surface area contributed by atoms with Crippen LogP contribution in [0, 0.1) is 6.92 Å². The lowest BCUT2D eigenvalue weighted by Crippen LogP contribution is -2.27. The number of aromatic nitrogens is 2. The molecule has 0 saturated carbocycles. The number of aryl methyl sites for hydroxylation is 1. The van der Waals surface area contributed by atoms with E-state index < -0.39 is 0 Å². The van der Waals surface area contributed by atoms with Gasteiger partial charge >= 0.3 is 0 Å². The van der Waals surface area contributed by atoms with Crippen molar-refractivity contribution in [3.05, 3.63) is 42.0 Å². The smallest absolute Gasteiger partial charge is 0.121 e. The first-order valence-electron chi connectivity index (χ1n) is 7.03. The van der Waals surface area contributed by atoms with Gasteiger partial charge in [-0.05, 0) is 43.7 Å². The van der Waals surface area contributed by atoms with Gasteiger partial charge in [0.1, 0.15) is 5.75 Å². The van der Waals surface area contributed by atoms with Crippen LogP contribution in [0.4, 0.5) is 0 Å². The maximum Gasteiger partial charge on any atom is 0.121 e. The Balaban J connectivity index is 2.03. The van der Waals surface area contributed by atoms with Crippen molar-refractivity contribution in [2.45, 2.75) is 25.7 Å². The Morgan fingerprint density at radius 3 is 2.90 bits per heavy atom. The highest BCUT2D eigenvalue weighted by Crippen LogP contribution is 2.32. The van der Waals surface area contributed by atoms with Crippen molar-refractivity contribution in [3.8, 4) is 11.4 Å². The largest absolute Gasteiger partial charge is 0.496 e. The van der Waals surface area contributed by atoms with E-state index in [1.807, 2.05) is 18.6 Å². The van der Waals surface area contributed by atoms with E-state index in [9.17, 15) is 0 Å². The average molecular weight is 271 g/mol.